The van der Waals surface area contributed by atoms with Crippen LogP contribution in [0.1, 0.15) is 32.1 Å². The molecule has 0 aromatic rings. The number of ether oxygens (including phenoxy) is 1. The summed E-state index contributed by atoms with van der Waals surface area (Å²) in [6.07, 6.45) is 3.73. The first-order valence-corrected chi connectivity index (χ1v) is 5.95. The lowest BCUT2D eigenvalue weighted by Crippen LogP contribution is -2.38. The molecule has 0 bridgehead atoms. The van der Waals surface area contributed by atoms with Crippen molar-refractivity contribution in [2.24, 2.45) is 0 Å². The molecular weight excluding hydrogens is 192 g/mol. The van der Waals surface area contributed by atoms with E-state index in [4.69, 9.17) is 9.84 Å². The lowest BCUT2D eigenvalue weighted by molar-refractivity contribution is -0.00739. The van der Waals surface area contributed by atoms with Crippen LogP contribution in [0.2, 0.25) is 0 Å². The molecule has 0 aromatic carbocycles. The van der Waals surface area contributed by atoms with Crippen molar-refractivity contribution < 1.29 is 18.3 Å². The van der Waals surface area contributed by atoms with Gasteiger partial charge in [0.05, 0.1) is 0 Å². The molecule has 1 N–H and O–H groups in total. The Balaban J connectivity index is 2.35. The van der Waals surface area contributed by atoms with E-state index in [1.54, 1.807) is 0 Å². The predicted octanol–water partition coefficient (Wildman–Crippen LogP) is 1.45. The second-order valence-corrected chi connectivity index (χ2v) is 5.64. The van der Waals surface area contributed by atoms with Crippen LogP contribution >= 0.6 is 0 Å². The highest BCUT2D eigenvalue weighted by Gasteiger charge is 2.50. The van der Waals surface area contributed by atoms with Crippen LogP contribution in [-0.2, 0) is 14.6 Å². The zero-order valence-corrected chi connectivity index (χ0v) is 8.01. The summed E-state index contributed by atoms with van der Waals surface area (Å²) < 4.78 is 28.2. The van der Waals surface area contributed by atoms with Gasteiger partial charge in [0.25, 0.3) is 5.95 Å². The minimum absolute atomic E-state index is 0.457. The summed E-state index contributed by atoms with van der Waals surface area (Å²) in [5.41, 5.74) is 0. The van der Waals surface area contributed by atoms with Gasteiger partial charge in [0.15, 0.2) is 0 Å². The second kappa shape index (κ2) is 2.64. The average Bonchev–Trinajstić information content (AvgIpc) is 2.23. The van der Waals surface area contributed by atoms with E-state index in [1.807, 2.05) is 0 Å². The van der Waals surface area contributed by atoms with E-state index in [2.05, 4.69) is 0 Å². The lowest BCUT2D eigenvalue weighted by atomic mass is 9.97. The van der Waals surface area contributed by atoms with Gasteiger partial charge in [-0.1, -0.05) is 6.42 Å². The summed E-state index contributed by atoms with van der Waals surface area (Å²) in [5, 5.41) is 9.87. The third kappa shape index (κ3) is 1.22. The molecule has 2 rings (SSSR count). The quantitative estimate of drug-likeness (QED) is 0.648. The molecule has 74 valence electrons. The smallest absolute Gasteiger partial charge is 0.290 e. The Morgan fingerprint density at radius 1 is 1.31 bits per heavy atom. The first-order chi connectivity index (χ1) is 6.06. The van der Waals surface area contributed by atoms with Crippen LogP contribution in [0.5, 0.6) is 0 Å². The van der Waals surface area contributed by atoms with Crippen molar-refractivity contribution in [2.75, 3.05) is 0 Å². The van der Waals surface area contributed by atoms with Gasteiger partial charge >= 0.3 is 0 Å². The average molecular weight is 204 g/mol. The highest BCUT2D eigenvalue weighted by Crippen LogP contribution is 2.42. The van der Waals surface area contributed by atoms with Crippen LogP contribution in [0.3, 0.4) is 0 Å². The van der Waals surface area contributed by atoms with Gasteiger partial charge < -0.3 is 9.84 Å². The van der Waals surface area contributed by atoms with Gasteiger partial charge in [0.2, 0.25) is 14.8 Å². The van der Waals surface area contributed by atoms with Gasteiger partial charge in [-0.15, -0.1) is 0 Å². The molecule has 0 saturated heterocycles. The highest BCUT2D eigenvalue weighted by molar-refractivity contribution is 7.95. The van der Waals surface area contributed by atoms with Crippen molar-refractivity contribution in [1.82, 2.24) is 0 Å². The monoisotopic (exact) mass is 204 g/mol. The van der Waals surface area contributed by atoms with Crippen molar-refractivity contribution in [3.05, 3.63) is 11.4 Å². The first-order valence-electron chi connectivity index (χ1n) is 4.40. The molecule has 5 heteroatoms. The minimum Gasteiger partial charge on any atom is -0.480 e. The van der Waals surface area contributed by atoms with E-state index >= 15 is 0 Å². The maximum absolute atomic E-state index is 11.6. The Labute approximate surface area is 77.1 Å². The van der Waals surface area contributed by atoms with E-state index in [9.17, 15) is 8.42 Å². The molecule has 0 unspecified atom stereocenters. The third-order valence-electron chi connectivity index (χ3n) is 2.68. The molecular formula is C8H12O4S. The van der Waals surface area contributed by atoms with Crippen LogP contribution in [0.15, 0.2) is 11.4 Å². The Morgan fingerprint density at radius 3 is 2.38 bits per heavy atom. The maximum atomic E-state index is 11.6. The summed E-state index contributed by atoms with van der Waals surface area (Å²) in [5.74, 6) is -0.457. The fourth-order valence-electron chi connectivity index (χ4n) is 1.99. The zero-order valence-electron chi connectivity index (χ0n) is 7.19. The summed E-state index contributed by atoms with van der Waals surface area (Å²) in [4.78, 5) is -1.13. The molecule has 2 aliphatic rings. The predicted molar refractivity (Wildman–Crippen MR) is 46.5 cm³/mol. The summed E-state index contributed by atoms with van der Waals surface area (Å²) in [6, 6.07) is 0. The molecule has 1 spiro atoms. The Hall–Kier alpha value is -0.710. The number of rotatable bonds is 0. The minimum atomic E-state index is -3.39. The van der Waals surface area contributed by atoms with Gasteiger partial charge in [-0.25, -0.2) is 8.42 Å². The molecule has 1 aliphatic carbocycles. The van der Waals surface area contributed by atoms with E-state index in [0.717, 1.165) is 24.7 Å². The molecule has 1 aliphatic heterocycles. The fraction of sp³-hybridized carbons (Fsp3) is 0.750. The van der Waals surface area contributed by atoms with Gasteiger partial charge in [-0.2, -0.15) is 0 Å². The van der Waals surface area contributed by atoms with Crippen LogP contribution in [0, 0.1) is 0 Å². The number of aliphatic hydroxyl groups is 1. The van der Waals surface area contributed by atoms with Crippen molar-refractivity contribution in [2.45, 2.75) is 37.0 Å². The molecule has 1 fully saturated rings. The Morgan fingerprint density at radius 2 is 1.92 bits per heavy atom. The molecule has 1 saturated carbocycles. The second-order valence-electron chi connectivity index (χ2n) is 3.57. The fourth-order valence-corrected chi connectivity index (χ4v) is 3.58. The molecule has 0 aromatic heterocycles. The van der Waals surface area contributed by atoms with Crippen LogP contribution in [0.25, 0.3) is 0 Å². The number of sulfone groups is 1. The van der Waals surface area contributed by atoms with Gasteiger partial charge in [0.1, 0.15) is 5.41 Å². The van der Waals surface area contributed by atoms with E-state index in [0.29, 0.717) is 12.8 Å². The van der Waals surface area contributed by atoms with Crippen molar-refractivity contribution in [1.29, 1.82) is 0 Å². The Bertz CT molecular complexity index is 335. The topological polar surface area (TPSA) is 63.6 Å². The largest absolute Gasteiger partial charge is 0.480 e. The molecule has 13 heavy (non-hydrogen) atoms. The maximum Gasteiger partial charge on any atom is 0.290 e. The standard InChI is InChI=1S/C8H12O4S/c9-7-6-13(10,11)8(12-7)4-2-1-3-5-8/h6,9H,1-5H2. The van der Waals surface area contributed by atoms with Gasteiger partial charge in [-0.3, -0.25) is 0 Å². The van der Waals surface area contributed by atoms with E-state index in [1.165, 1.54) is 0 Å². The van der Waals surface area contributed by atoms with E-state index < -0.39 is 20.7 Å². The molecule has 4 nitrogen and oxygen atoms in total. The summed E-state index contributed by atoms with van der Waals surface area (Å²) in [6.45, 7) is 0. The third-order valence-corrected chi connectivity index (χ3v) is 4.72. The number of aliphatic hydroxyl groups excluding tert-OH is 1. The molecule has 1 heterocycles. The number of hydrogen-bond donors (Lipinski definition) is 1. The lowest BCUT2D eigenvalue weighted by Gasteiger charge is -2.30. The zero-order chi connectivity index (χ0) is 9.53. The first kappa shape index (κ1) is 8.87. The van der Waals surface area contributed by atoms with Gasteiger partial charge in [-0.05, 0) is 12.8 Å². The van der Waals surface area contributed by atoms with Crippen molar-refractivity contribution >= 4 is 9.84 Å². The SMILES string of the molecule is O=S1(=O)C=C(O)OC12CCCCC2. The normalized spacial score (nSPS) is 29.7. The molecule has 0 amide bonds. The molecule has 0 radical (unpaired) electrons. The van der Waals surface area contributed by atoms with Crippen LogP contribution in [0.4, 0.5) is 0 Å². The van der Waals surface area contributed by atoms with E-state index in [-0.39, 0.29) is 0 Å². The Kier molecular flexibility index (Phi) is 1.80. The molecule has 0 atom stereocenters. The summed E-state index contributed by atoms with van der Waals surface area (Å²) in [7, 11) is -3.39. The van der Waals surface area contributed by atoms with Gasteiger partial charge in [0, 0.05) is 12.8 Å². The van der Waals surface area contributed by atoms with Crippen LogP contribution in [-0.4, -0.2) is 18.5 Å². The highest BCUT2D eigenvalue weighted by atomic mass is 32.2. The summed E-state index contributed by atoms with van der Waals surface area (Å²) >= 11 is 0. The van der Waals surface area contributed by atoms with Crippen LogP contribution < -0.4 is 0 Å². The number of hydrogen-bond acceptors (Lipinski definition) is 4. The van der Waals surface area contributed by atoms with Crippen molar-refractivity contribution in [3.8, 4) is 0 Å². The van der Waals surface area contributed by atoms with Crippen molar-refractivity contribution in [3.63, 3.8) is 0 Å².